The van der Waals surface area contributed by atoms with Gasteiger partial charge in [-0.25, -0.2) is 9.59 Å². The third-order valence-corrected chi connectivity index (χ3v) is 5.21. The number of morpholine rings is 1. The molecular weight excluding hydrogens is 382 g/mol. The number of nitrogens with one attached hydrogen (secondary N) is 2. The first kappa shape index (κ1) is 19.7. The highest BCUT2D eigenvalue weighted by Crippen LogP contribution is 2.29. The molecular formula is C19H25N3O7. The Morgan fingerprint density at radius 3 is 2.52 bits per heavy atom. The smallest absolute Gasteiger partial charge is 0.412 e. The number of carbonyl (C=O) groups is 2. The van der Waals surface area contributed by atoms with E-state index in [2.05, 4.69) is 10.6 Å². The topological polar surface area (TPSA) is 108 Å². The molecule has 0 aromatic heterocycles. The second-order valence-electron chi connectivity index (χ2n) is 7.05. The predicted molar refractivity (Wildman–Crippen MR) is 101 cm³/mol. The Morgan fingerprint density at radius 2 is 1.79 bits per heavy atom. The lowest BCUT2D eigenvalue weighted by atomic mass is 10.1. The fourth-order valence-corrected chi connectivity index (χ4v) is 3.66. The van der Waals surface area contributed by atoms with Crippen molar-refractivity contribution in [3.63, 3.8) is 0 Å². The fraction of sp³-hybridized carbons (Fsp3) is 0.579. The van der Waals surface area contributed by atoms with Crippen molar-refractivity contribution in [2.24, 2.45) is 0 Å². The Kier molecular flexibility index (Phi) is 6.02. The summed E-state index contributed by atoms with van der Waals surface area (Å²) < 4.78 is 27.4. The molecule has 3 amide bonds. The molecule has 1 aromatic carbocycles. The van der Waals surface area contributed by atoms with Crippen molar-refractivity contribution < 1.29 is 33.3 Å². The summed E-state index contributed by atoms with van der Waals surface area (Å²) in [5.41, 5.74) is 0.592. The van der Waals surface area contributed by atoms with Crippen molar-refractivity contribution in [1.82, 2.24) is 10.2 Å². The lowest BCUT2D eigenvalue weighted by Gasteiger charge is -2.29. The van der Waals surface area contributed by atoms with Crippen molar-refractivity contribution in [1.29, 1.82) is 0 Å². The van der Waals surface area contributed by atoms with E-state index in [1.807, 2.05) is 0 Å². The highest BCUT2D eigenvalue weighted by Gasteiger charge is 2.50. The van der Waals surface area contributed by atoms with E-state index in [-0.39, 0.29) is 24.8 Å². The van der Waals surface area contributed by atoms with Crippen LogP contribution in [0, 0.1) is 0 Å². The summed E-state index contributed by atoms with van der Waals surface area (Å²) in [6, 6.07) is 6.48. The maximum Gasteiger partial charge on any atom is 0.412 e. The highest BCUT2D eigenvalue weighted by atomic mass is 16.6. The number of carbonyl (C=O) groups excluding carboxylic acids is 2. The quantitative estimate of drug-likeness (QED) is 0.761. The first-order valence-corrected chi connectivity index (χ1v) is 9.62. The van der Waals surface area contributed by atoms with Crippen molar-refractivity contribution in [3.8, 4) is 5.75 Å². The monoisotopic (exact) mass is 407 g/mol. The third kappa shape index (κ3) is 4.55. The highest BCUT2D eigenvalue weighted by molar-refractivity contribution is 5.84. The number of hydrogen-bond acceptors (Lipinski definition) is 7. The van der Waals surface area contributed by atoms with Crippen LogP contribution in [0.5, 0.6) is 5.75 Å². The number of benzene rings is 1. The SMILES string of the molecule is COc1ccc(NC(=O)O[C@H]2CO[C@@H]3[C@@H]2OC[C@@H]3NC(=O)N2CCOCC2)cc1. The van der Waals surface area contributed by atoms with Crippen LogP contribution in [0.1, 0.15) is 0 Å². The van der Waals surface area contributed by atoms with Crippen LogP contribution in [0.4, 0.5) is 15.3 Å². The van der Waals surface area contributed by atoms with Gasteiger partial charge >= 0.3 is 12.1 Å². The van der Waals surface area contributed by atoms with Gasteiger partial charge in [-0.1, -0.05) is 0 Å². The van der Waals surface area contributed by atoms with Crippen LogP contribution in [-0.2, 0) is 18.9 Å². The van der Waals surface area contributed by atoms with E-state index >= 15 is 0 Å². The standard InChI is InChI=1S/C19H25N3O7/c1-25-13-4-2-12(3-5-13)20-19(24)29-15-11-28-16-14(10-27-17(15)16)21-18(23)22-6-8-26-9-7-22/h2-5,14-17H,6-11H2,1H3,(H,20,24)(H,21,23)/t14-,15-,16-,17+/m0/s1. The lowest BCUT2D eigenvalue weighted by Crippen LogP contribution is -2.52. The van der Waals surface area contributed by atoms with Gasteiger partial charge in [-0.15, -0.1) is 0 Å². The van der Waals surface area contributed by atoms with Crippen LogP contribution in [-0.4, -0.2) is 88.0 Å². The molecule has 3 aliphatic rings. The summed E-state index contributed by atoms with van der Waals surface area (Å²) >= 11 is 0. The Hall–Kier alpha value is -2.56. The van der Waals surface area contributed by atoms with E-state index in [9.17, 15) is 9.59 Å². The fourth-order valence-electron chi connectivity index (χ4n) is 3.66. The molecule has 0 spiro atoms. The van der Waals surface area contributed by atoms with Crippen molar-refractivity contribution in [3.05, 3.63) is 24.3 Å². The van der Waals surface area contributed by atoms with Gasteiger partial charge in [0.05, 0.1) is 39.6 Å². The summed E-state index contributed by atoms with van der Waals surface area (Å²) in [7, 11) is 1.57. The van der Waals surface area contributed by atoms with Gasteiger partial charge in [0.25, 0.3) is 0 Å². The minimum Gasteiger partial charge on any atom is -0.497 e. The second-order valence-corrected chi connectivity index (χ2v) is 7.05. The van der Waals surface area contributed by atoms with Gasteiger partial charge < -0.3 is 33.9 Å². The molecule has 3 saturated heterocycles. The summed E-state index contributed by atoms with van der Waals surface area (Å²) in [5.74, 6) is 0.695. The molecule has 29 heavy (non-hydrogen) atoms. The minimum atomic E-state index is -0.589. The molecule has 2 N–H and O–H groups in total. The number of hydrogen-bond donors (Lipinski definition) is 2. The van der Waals surface area contributed by atoms with E-state index < -0.39 is 18.3 Å². The first-order valence-electron chi connectivity index (χ1n) is 9.62. The van der Waals surface area contributed by atoms with Gasteiger partial charge in [0.15, 0.2) is 6.10 Å². The number of urea groups is 1. The van der Waals surface area contributed by atoms with Crippen LogP contribution in [0.2, 0.25) is 0 Å². The molecule has 10 nitrogen and oxygen atoms in total. The first-order chi connectivity index (χ1) is 14.1. The van der Waals surface area contributed by atoms with Gasteiger partial charge in [-0.3, -0.25) is 5.32 Å². The lowest BCUT2D eigenvalue weighted by molar-refractivity contribution is 0.00852. The zero-order chi connectivity index (χ0) is 20.2. The molecule has 0 radical (unpaired) electrons. The molecule has 10 heteroatoms. The zero-order valence-electron chi connectivity index (χ0n) is 16.2. The Morgan fingerprint density at radius 1 is 1.07 bits per heavy atom. The van der Waals surface area contributed by atoms with Crippen LogP contribution in [0.15, 0.2) is 24.3 Å². The Bertz CT molecular complexity index is 723. The van der Waals surface area contributed by atoms with E-state index in [1.54, 1.807) is 36.3 Å². The van der Waals surface area contributed by atoms with Gasteiger partial charge in [-0.2, -0.15) is 0 Å². The third-order valence-electron chi connectivity index (χ3n) is 5.21. The summed E-state index contributed by atoms with van der Waals surface area (Å²) in [6.45, 7) is 2.73. The number of rotatable bonds is 4. The molecule has 0 unspecified atom stereocenters. The Labute approximate surface area is 168 Å². The van der Waals surface area contributed by atoms with Gasteiger partial charge in [-0.05, 0) is 24.3 Å². The summed E-state index contributed by atoms with van der Waals surface area (Å²) in [4.78, 5) is 26.3. The molecule has 0 aliphatic carbocycles. The second kappa shape index (κ2) is 8.85. The molecule has 3 aliphatic heterocycles. The molecule has 4 rings (SSSR count). The zero-order valence-corrected chi connectivity index (χ0v) is 16.2. The number of methoxy groups -OCH3 is 1. The molecule has 3 heterocycles. The maximum absolute atomic E-state index is 12.4. The summed E-state index contributed by atoms with van der Waals surface area (Å²) in [6.07, 6.45) is -1.89. The number of amides is 3. The number of fused-ring (bicyclic) bond motifs is 1. The van der Waals surface area contributed by atoms with Crippen molar-refractivity contribution >= 4 is 17.8 Å². The van der Waals surface area contributed by atoms with E-state index in [1.165, 1.54) is 0 Å². The Balaban J connectivity index is 1.27. The van der Waals surface area contributed by atoms with Crippen LogP contribution < -0.4 is 15.4 Å². The minimum absolute atomic E-state index is 0.159. The maximum atomic E-state index is 12.4. The number of anilines is 1. The molecule has 0 bridgehead atoms. The normalized spacial score (nSPS) is 28.5. The predicted octanol–water partition coefficient (Wildman–Crippen LogP) is 0.820. The van der Waals surface area contributed by atoms with Gasteiger partial charge in [0, 0.05) is 18.8 Å². The van der Waals surface area contributed by atoms with Crippen LogP contribution in [0.25, 0.3) is 0 Å². The average Bonchev–Trinajstić information content (AvgIpc) is 3.32. The van der Waals surface area contributed by atoms with E-state index in [0.717, 1.165) is 0 Å². The van der Waals surface area contributed by atoms with Gasteiger partial charge in [0.1, 0.15) is 18.0 Å². The molecule has 0 saturated carbocycles. The molecule has 4 atom stereocenters. The van der Waals surface area contributed by atoms with Crippen LogP contribution >= 0.6 is 0 Å². The molecule has 3 fully saturated rings. The molecule has 1 aromatic rings. The number of nitrogens with zero attached hydrogens (tertiary/aromatic N) is 1. The number of ether oxygens (including phenoxy) is 5. The van der Waals surface area contributed by atoms with Crippen molar-refractivity contribution in [2.75, 3.05) is 51.9 Å². The van der Waals surface area contributed by atoms with Crippen LogP contribution in [0.3, 0.4) is 0 Å². The van der Waals surface area contributed by atoms with Gasteiger partial charge in [0.2, 0.25) is 0 Å². The largest absolute Gasteiger partial charge is 0.497 e. The average molecular weight is 407 g/mol. The molecule has 158 valence electrons. The van der Waals surface area contributed by atoms with Crippen molar-refractivity contribution in [2.45, 2.75) is 24.4 Å². The summed E-state index contributed by atoms with van der Waals surface area (Å²) in [5, 5.41) is 5.63. The van der Waals surface area contributed by atoms with E-state index in [0.29, 0.717) is 44.3 Å². The van der Waals surface area contributed by atoms with E-state index in [4.69, 9.17) is 23.7 Å².